The average molecular weight is 317 g/mol. The van der Waals surface area contributed by atoms with E-state index < -0.39 is 5.97 Å². The van der Waals surface area contributed by atoms with Gasteiger partial charge in [-0.3, -0.25) is 9.69 Å². The van der Waals surface area contributed by atoms with Crippen molar-refractivity contribution >= 4 is 5.97 Å². The third-order valence-electron chi connectivity index (χ3n) is 1.91. The minimum Gasteiger partial charge on any atom is -0.481 e. The summed E-state index contributed by atoms with van der Waals surface area (Å²) < 4.78 is 0. The molecule has 0 aromatic carbocycles. The molecule has 0 radical (unpaired) electrons. The number of nitrogens with zero attached hydrogens (tertiary/aromatic N) is 1. The molecule has 0 spiro atoms. The van der Waals surface area contributed by atoms with E-state index in [1.165, 1.54) is 0 Å². The largest absolute Gasteiger partial charge is 0.481 e. The molecule has 0 saturated heterocycles. The van der Waals surface area contributed by atoms with E-state index >= 15 is 0 Å². The number of hydrogen-bond donors (Lipinski definition) is 1. The smallest absolute Gasteiger partial charge is 0.304 e. The molecule has 0 aliphatic rings. The van der Waals surface area contributed by atoms with Gasteiger partial charge in [-0.05, 0) is 27.7 Å². The summed E-state index contributed by atoms with van der Waals surface area (Å²) >= 11 is 0. The number of aliphatic carboxylic acids is 1. The van der Waals surface area contributed by atoms with Crippen LogP contribution in [0.4, 0.5) is 0 Å². The number of carbonyl (C=O) groups is 1. The zero-order valence-electron chi connectivity index (χ0n) is 8.87. The molecule has 1 N–H and O–H groups in total. The normalized spacial score (nSPS) is 10.7. The van der Waals surface area contributed by atoms with E-state index in [9.17, 15) is 4.79 Å². The average Bonchev–Trinajstić information content (AvgIpc) is 1.84. The fraction of sp³-hybridized carbons (Fsp3) is 0.889. The van der Waals surface area contributed by atoms with Gasteiger partial charge in [-0.2, -0.15) is 0 Å². The molecule has 0 rings (SSSR count). The first kappa shape index (κ1) is 16.2. The maximum absolute atomic E-state index is 10.3. The number of carboxylic acids is 1. The molecule has 0 heterocycles. The third kappa shape index (κ3) is 7.82. The molecular formula is C9H19NNdO2. The third-order valence-corrected chi connectivity index (χ3v) is 1.91. The summed E-state index contributed by atoms with van der Waals surface area (Å²) in [4.78, 5) is 12.5. The van der Waals surface area contributed by atoms with Gasteiger partial charge >= 0.3 is 5.97 Å². The van der Waals surface area contributed by atoms with Gasteiger partial charge in [-0.25, -0.2) is 0 Å². The van der Waals surface area contributed by atoms with Crippen LogP contribution in [0.1, 0.15) is 34.1 Å². The second kappa shape index (κ2) is 8.12. The predicted molar refractivity (Wildman–Crippen MR) is 49.2 cm³/mol. The topological polar surface area (TPSA) is 40.5 Å². The van der Waals surface area contributed by atoms with Crippen molar-refractivity contribution in [1.82, 2.24) is 4.90 Å². The van der Waals surface area contributed by atoms with Crippen LogP contribution in [0, 0.1) is 40.8 Å². The fourth-order valence-electron chi connectivity index (χ4n) is 1.34. The van der Waals surface area contributed by atoms with Crippen LogP contribution in [0.15, 0.2) is 0 Å². The van der Waals surface area contributed by atoms with Crippen LogP contribution in [0.5, 0.6) is 0 Å². The fourth-order valence-corrected chi connectivity index (χ4v) is 1.34. The molecule has 4 heteroatoms. The second-order valence-electron chi connectivity index (χ2n) is 3.57. The summed E-state index contributed by atoms with van der Waals surface area (Å²) in [6.45, 7) is 8.98. The van der Waals surface area contributed by atoms with E-state index in [0.29, 0.717) is 18.6 Å². The van der Waals surface area contributed by atoms with Gasteiger partial charge in [-0.1, -0.05) is 0 Å². The Morgan fingerprint density at radius 3 is 1.85 bits per heavy atom. The van der Waals surface area contributed by atoms with E-state index in [1.807, 2.05) is 0 Å². The quantitative estimate of drug-likeness (QED) is 0.837. The molecular weight excluding hydrogens is 298 g/mol. The second-order valence-corrected chi connectivity index (χ2v) is 3.57. The summed E-state index contributed by atoms with van der Waals surface area (Å²) in [7, 11) is 0. The van der Waals surface area contributed by atoms with Gasteiger partial charge < -0.3 is 5.11 Å². The Bertz CT molecular complexity index is 141. The van der Waals surface area contributed by atoms with Crippen LogP contribution in [0.25, 0.3) is 0 Å². The Hall–Kier alpha value is 0.781. The molecule has 0 aromatic rings. The van der Waals surface area contributed by atoms with Crippen LogP contribution < -0.4 is 0 Å². The SMILES string of the molecule is CC(C)N(CCC(=O)O)C(C)C.[Nd]. The van der Waals surface area contributed by atoms with E-state index in [0.717, 1.165) is 0 Å². The summed E-state index contributed by atoms with van der Waals surface area (Å²) in [5, 5.41) is 8.50. The molecule has 0 unspecified atom stereocenters. The number of rotatable bonds is 5. The van der Waals surface area contributed by atoms with Crippen molar-refractivity contribution in [3.8, 4) is 0 Å². The molecule has 76 valence electrons. The van der Waals surface area contributed by atoms with Gasteiger partial charge in [0.25, 0.3) is 0 Å². The predicted octanol–water partition coefficient (Wildman–Crippen LogP) is 1.58. The van der Waals surface area contributed by atoms with Crippen molar-refractivity contribution in [1.29, 1.82) is 0 Å². The van der Waals surface area contributed by atoms with Gasteiger partial charge in [0.1, 0.15) is 0 Å². The Kier molecular flexibility index (Phi) is 10.1. The van der Waals surface area contributed by atoms with Crippen molar-refractivity contribution in [2.45, 2.75) is 46.2 Å². The van der Waals surface area contributed by atoms with E-state index in [1.54, 1.807) is 0 Å². The minimum absolute atomic E-state index is 0. The molecule has 0 aliphatic heterocycles. The van der Waals surface area contributed by atoms with Crippen molar-refractivity contribution in [2.75, 3.05) is 6.54 Å². The van der Waals surface area contributed by atoms with Crippen molar-refractivity contribution in [3.05, 3.63) is 0 Å². The first-order valence-corrected chi connectivity index (χ1v) is 4.42. The molecule has 0 atom stereocenters. The van der Waals surface area contributed by atoms with Crippen molar-refractivity contribution in [3.63, 3.8) is 0 Å². The monoisotopic (exact) mass is 315 g/mol. The summed E-state index contributed by atoms with van der Waals surface area (Å²) in [5.41, 5.74) is 0. The molecule has 0 bridgehead atoms. The van der Waals surface area contributed by atoms with E-state index in [2.05, 4.69) is 32.6 Å². The van der Waals surface area contributed by atoms with Gasteiger partial charge in [0.05, 0.1) is 6.42 Å². The first-order valence-electron chi connectivity index (χ1n) is 4.42. The molecule has 0 aromatic heterocycles. The molecule has 0 aliphatic carbocycles. The molecule has 0 fully saturated rings. The zero-order valence-corrected chi connectivity index (χ0v) is 12.1. The Balaban J connectivity index is 0. The van der Waals surface area contributed by atoms with Crippen LogP contribution >= 0.6 is 0 Å². The van der Waals surface area contributed by atoms with Crippen molar-refractivity contribution in [2.24, 2.45) is 0 Å². The summed E-state index contributed by atoms with van der Waals surface area (Å²) in [6, 6.07) is 0.841. The Morgan fingerprint density at radius 1 is 1.23 bits per heavy atom. The molecule has 3 nitrogen and oxygen atoms in total. The van der Waals surface area contributed by atoms with Crippen molar-refractivity contribution < 1.29 is 50.7 Å². The minimum atomic E-state index is -0.721. The van der Waals surface area contributed by atoms with Gasteiger partial charge in [0.15, 0.2) is 0 Å². The standard InChI is InChI=1S/C9H19NO2.Nd/c1-7(2)10(8(3)4)6-5-9(11)12;/h7-8H,5-6H2,1-4H3,(H,11,12);. The maximum Gasteiger partial charge on any atom is 0.304 e. The van der Waals surface area contributed by atoms with Crippen LogP contribution in [0.2, 0.25) is 0 Å². The van der Waals surface area contributed by atoms with E-state index in [-0.39, 0.29) is 47.3 Å². The Labute approximate surface area is 113 Å². The molecule has 0 amide bonds. The number of hydrogen-bond acceptors (Lipinski definition) is 2. The summed E-state index contributed by atoms with van der Waals surface area (Å²) in [6.07, 6.45) is 0.232. The first-order chi connectivity index (χ1) is 5.45. The molecule has 0 saturated carbocycles. The zero-order chi connectivity index (χ0) is 9.72. The summed E-state index contributed by atoms with van der Waals surface area (Å²) in [5.74, 6) is -0.721. The number of carboxylic acid groups (broad SMARTS) is 1. The van der Waals surface area contributed by atoms with Gasteiger partial charge in [-0.15, -0.1) is 0 Å². The van der Waals surface area contributed by atoms with Crippen LogP contribution in [-0.2, 0) is 4.79 Å². The Morgan fingerprint density at radius 2 is 1.62 bits per heavy atom. The van der Waals surface area contributed by atoms with Gasteiger partial charge in [0, 0.05) is 59.5 Å². The van der Waals surface area contributed by atoms with Gasteiger partial charge in [0.2, 0.25) is 0 Å². The molecule has 13 heavy (non-hydrogen) atoms. The van der Waals surface area contributed by atoms with E-state index in [4.69, 9.17) is 5.11 Å². The maximum atomic E-state index is 10.3. The van der Waals surface area contributed by atoms with Crippen LogP contribution in [-0.4, -0.2) is 34.6 Å². The van der Waals surface area contributed by atoms with Crippen LogP contribution in [0.3, 0.4) is 0 Å².